The molecular formula is C22H31NO5. The summed E-state index contributed by atoms with van der Waals surface area (Å²) in [7, 11) is 0. The Balaban J connectivity index is 1.33. The summed E-state index contributed by atoms with van der Waals surface area (Å²) in [6.07, 6.45) is 9.21. The number of carbonyl (C=O) groups is 1. The van der Waals surface area contributed by atoms with Crippen LogP contribution in [0.15, 0.2) is 24.3 Å². The van der Waals surface area contributed by atoms with E-state index in [-0.39, 0.29) is 11.4 Å². The van der Waals surface area contributed by atoms with Crippen molar-refractivity contribution >= 4 is 11.8 Å². The molecule has 28 heavy (non-hydrogen) atoms. The van der Waals surface area contributed by atoms with Gasteiger partial charge in [0.25, 0.3) is 5.69 Å². The first-order chi connectivity index (χ1) is 13.3. The minimum absolute atomic E-state index is 0.0458. The minimum atomic E-state index is -0.763. The van der Waals surface area contributed by atoms with Gasteiger partial charge < -0.3 is 9.47 Å². The molecule has 0 amide bonds. The van der Waals surface area contributed by atoms with Gasteiger partial charge in [0.15, 0.2) is 0 Å². The summed E-state index contributed by atoms with van der Waals surface area (Å²) in [4.78, 5) is 21.9. The fourth-order valence-electron chi connectivity index (χ4n) is 5.48. The Hall–Kier alpha value is -2.11. The van der Waals surface area contributed by atoms with E-state index in [1.165, 1.54) is 62.8 Å². The Labute approximate surface area is 166 Å². The third-order valence-electron chi connectivity index (χ3n) is 6.34. The van der Waals surface area contributed by atoms with Gasteiger partial charge in [0.05, 0.1) is 11.5 Å². The molecule has 1 aromatic rings. The molecule has 3 rings (SSSR count). The summed E-state index contributed by atoms with van der Waals surface area (Å²) in [5.74, 6) is 2.94. The number of nitro benzene ring substituents is 1. The zero-order chi connectivity index (χ0) is 20.1. The second-order valence-corrected chi connectivity index (χ2v) is 9.17. The lowest BCUT2D eigenvalue weighted by atomic mass is 9.58. The number of nitrogens with zero attached hydrogens (tertiary/aromatic N) is 1. The van der Waals surface area contributed by atoms with Crippen molar-refractivity contribution in [2.75, 3.05) is 6.61 Å². The lowest BCUT2D eigenvalue weighted by Crippen LogP contribution is -2.36. The molecule has 0 radical (unpaired) electrons. The van der Waals surface area contributed by atoms with Gasteiger partial charge in [-0.15, -0.1) is 0 Å². The van der Waals surface area contributed by atoms with Crippen LogP contribution in [0.2, 0.25) is 0 Å². The smallest absolute Gasteiger partial charge is 0.434 e. The predicted molar refractivity (Wildman–Crippen MR) is 106 cm³/mol. The monoisotopic (exact) mass is 389 g/mol. The highest BCUT2D eigenvalue weighted by atomic mass is 16.7. The molecule has 0 saturated heterocycles. The number of carbonyl (C=O) groups excluding carboxylic acids is 1. The van der Waals surface area contributed by atoms with Crippen molar-refractivity contribution in [1.29, 1.82) is 0 Å². The molecule has 1 aromatic carbocycles. The highest BCUT2D eigenvalue weighted by molar-refractivity contribution is 5.63. The van der Waals surface area contributed by atoms with Gasteiger partial charge in [0, 0.05) is 12.1 Å². The van der Waals surface area contributed by atoms with Gasteiger partial charge in [-0.25, -0.2) is 4.79 Å². The van der Waals surface area contributed by atoms with Gasteiger partial charge in [-0.05, 0) is 86.7 Å². The summed E-state index contributed by atoms with van der Waals surface area (Å²) >= 11 is 0. The number of ether oxygens (including phenoxy) is 2. The van der Waals surface area contributed by atoms with Gasteiger partial charge in [-0.2, -0.15) is 0 Å². The highest BCUT2D eigenvalue weighted by Crippen LogP contribution is 2.52. The van der Waals surface area contributed by atoms with E-state index in [2.05, 4.69) is 13.8 Å². The Kier molecular flexibility index (Phi) is 6.57. The largest absolute Gasteiger partial charge is 0.513 e. The summed E-state index contributed by atoms with van der Waals surface area (Å²) in [6, 6.07) is 5.37. The number of hydrogen-bond donors (Lipinski definition) is 0. The molecular weight excluding hydrogens is 358 g/mol. The summed E-state index contributed by atoms with van der Waals surface area (Å²) in [5.41, 5.74) is 0.392. The van der Waals surface area contributed by atoms with E-state index in [1.807, 2.05) is 0 Å². The zero-order valence-electron chi connectivity index (χ0n) is 16.9. The first kappa shape index (κ1) is 20.6. The van der Waals surface area contributed by atoms with Gasteiger partial charge >= 0.3 is 6.16 Å². The lowest BCUT2D eigenvalue weighted by molar-refractivity contribution is -0.384. The second kappa shape index (κ2) is 8.93. The SMILES string of the molecule is CC1CC2CC(C1)CC(C)(CCCCOC(=O)Oc1ccc([N+](=O)[O-])cc1)C2. The maximum Gasteiger partial charge on any atom is 0.513 e. The third-order valence-corrected chi connectivity index (χ3v) is 6.34. The van der Waals surface area contributed by atoms with Crippen LogP contribution in [0.3, 0.4) is 0 Å². The molecule has 2 unspecified atom stereocenters. The van der Waals surface area contributed by atoms with Crippen LogP contribution in [0.1, 0.15) is 65.2 Å². The Morgan fingerprint density at radius 3 is 2.39 bits per heavy atom. The molecule has 6 nitrogen and oxygen atoms in total. The van der Waals surface area contributed by atoms with Gasteiger partial charge in [-0.3, -0.25) is 10.1 Å². The molecule has 0 aliphatic heterocycles. The van der Waals surface area contributed by atoms with Crippen molar-refractivity contribution in [1.82, 2.24) is 0 Å². The van der Waals surface area contributed by atoms with E-state index in [1.54, 1.807) is 0 Å². The zero-order valence-corrected chi connectivity index (χ0v) is 16.9. The molecule has 0 N–H and O–H groups in total. The average Bonchev–Trinajstić information content (AvgIpc) is 2.60. The standard InChI is InChI=1S/C22H31NO5/c1-16-11-17-13-18(12-16)15-22(2,14-17)9-3-4-10-27-21(24)28-20-7-5-19(6-8-20)23(25)26/h5-8,16-18H,3-4,9-15H2,1-2H3. The first-order valence-corrected chi connectivity index (χ1v) is 10.4. The molecule has 0 spiro atoms. The summed E-state index contributed by atoms with van der Waals surface area (Å²) in [5, 5.41) is 10.6. The fourth-order valence-corrected chi connectivity index (χ4v) is 5.48. The molecule has 2 aliphatic rings. The molecule has 0 heterocycles. The molecule has 6 heteroatoms. The molecule has 2 atom stereocenters. The number of non-ortho nitro benzene ring substituents is 1. The van der Waals surface area contributed by atoms with E-state index in [9.17, 15) is 14.9 Å². The van der Waals surface area contributed by atoms with Gasteiger partial charge in [0.2, 0.25) is 0 Å². The van der Waals surface area contributed by atoms with E-state index in [0.29, 0.717) is 12.0 Å². The summed E-state index contributed by atoms with van der Waals surface area (Å²) < 4.78 is 10.2. The number of rotatable bonds is 7. The quantitative estimate of drug-likeness (QED) is 0.184. The van der Waals surface area contributed by atoms with Crippen LogP contribution in [0.5, 0.6) is 5.75 Å². The number of benzene rings is 1. The minimum Gasteiger partial charge on any atom is -0.434 e. The Morgan fingerprint density at radius 2 is 1.79 bits per heavy atom. The number of fused-ring (bicyclic) bond motifs is 2. The van der Waals surface area contributed by atoms with E-state index >= 15 is 0 Å². The van der Waals surface area contributed by atoms with Crippen molar-refractivity contribution < 1.29 is 19.2 Å². The molecule has 2 saturated carbocycles. The van der Waals surface area contributed by atoms with E-state index in [4.69, 9.17) is 9.47 Å². The van der Waals surface area contributed by atoms with Crippen molar-refractivity contribution in [2.45, 2.75) is 65.2 Å². The molecule has 0 aromatic heterocycles. The number of nitro groups is 1. The molecule has 154 valence electrons. The van der Waals surface area contributed by atoms with Crippen molar-refractivity contribution in [3.8, 4) is 5.75 Å². The average molecular weight is 389 g/mol. The molecule has 2 fully saturated rings. The Morgan fingerprint density at radius 1 is 1.14 bits per heavy atom. The van der Waals surface area contributed by atoms with E-state index < -0.39 is 11.1 Å². The van der Waals surface area contributed by atoms with Gasteiger partial charge in [0.1, 0.15) is 5.75 Å². The third kappa shape index (κ3) is 5.69. The van der Waals surface area contributed by atoms with E-state index in [0.717, 1.165) is 30.6 Å². The summed E-state index contributed by atoms with van der Waals surface area (Å²) in [6.45, 7) is 5.17. The Bertz CT molecular complexity index is 669. The van der Waals surface area contributed by atoms with Crippen LogP contribution in [0, 0.1) is 33.3 Å². The maximum absolute atomic E-state index is 11.7. The first-order valence-electron chi connectivity index (χ1n) is 10.4. The van der Waals surface area contributed by atoms with Gasteiger partial charge in [-0.1, -0.05) is 13.8 Å². The maximum atomic E-state index is 11.7. The molecule has 2 bridgehead atoms. The van der Waals surface area contributed by atoms with Crippen LogP contribution in [0.4, 0.5) is 10.5 Å². The topological polar surface area (TPSA) is 78.7 Å². The normalized spacial score (nSPS) is 29.1. The van der Waals surface area contributed by atoms with Crippen LogP contribution in [-0.2, 0) is 4.74 Å². The van der Waals surface area contributed by atoms with Crippen LogP contribution in [-0.4, -0.2) is 17.7 Å². The molecule has 2 aliphatic carbocycles. The van der Waals surface area contributed by atoms with Crippen molar-refractivity contribution in [2.24, 2.45) is 23.2 Å². The second-order valence-electron chi connectivity index (χ2n) is 9.17. The van der Waals surface area contributed by atoms with Crippen molar-refractivity contribution in [3.05, 3.63) is 34.4 Å². The van der Waals surface area contributed by atoms with Crippen LogP contribution in [0.25, 0.3) is 0 Å². The van der Waals surface area contributed by atoms with Crippen LogP contribution < -0.4 is 4.74 Å². The van der Waals surface area contributed by atoms with Crippen molar-refractivity contribution in [3.63, 3.8) is 0 Å². The highest BCUT2D eigenvalue weighted by Gasteiger charge is 2.40. The number of unbranched alkanes of at least 4 members (excludes halogenated alkanes) is 1. The van der Waals surface area contributed by atoms with Crippen LogP contribution >= 0.6 is 0 Å². The number of hydrogen-bond acceptors (Lipinski definition) is 5. The lowest BCUT2D eigenvalue weighted by Gasteiger charge is -2.47. The fraction of sp³-hybridized carbons (Fsp3) is 0.682. The predicted octanol–water partition coefficient (Wildman–Crippen LogP) is 6.13.